The Morgan fingerprint density at radius 1 is 1.08 bits per heavy atom. The van der Waals surface area contributed by atoms with E-state index in [1.807, 2.05) is 0 Å². The Morgan fingerprint density at radius 2 is 1.78 bits per heavy atom. The van der Waals surface area contributed by atoms with Crippen molar-refractivity contribution in [3.8, 4) is 11.3 Å². The van der Waals surface area contributed by atoms with Crippen molar-refractivity contribution in [2.45, 2.75) is 11.8 Å². The summed E-state index contributed by atoms with van der Waals surface area (Å²) in [6, 6.07) is 10.7. The molecule has 0 unspecified atom stereocenters. The van der Waals surface area contributed by atoms with Gasteiger partial charge < -0.3 is 9.64 Å². The van der Waals surface area contributed by atoms with Crippen LogP contribution in [0.4, 0.5) is 9.93 Å². The molecule has 2 amide bonds. The summed E-state index contributed by atoms with van der Waals surface area (Å²) in [6.07, 6.45) is -0.450. The predicted octanol–water partition coefficient (Wildman–Crippen LogP) is 4.83. The molecule has 2 heterocycles. The average molecular weight is 569 g/mol. The Kier molecular flexibility index (Phi) is 8.16. The van der Waals surface area contributed by atoms with Crippen LogP contribution in [0, 0.1) is 0 Å². The lowest BCUT2D eigenvalue weighted by molar-refractivity contribution is 0.0933. The number of benzene rings is 2. The lowest BCUT2D eigenvalue weighted by atomic mass is 10.2. The Morgan fingerprint density at radius 3 is 2.42 bits per heavy atom. The number of piperazine rings is 1. The maximum atomic E-state index is 13.0. The zero-order valence-electron chi connectivity index (χ0n) is 19.1. The van der Waals surface area contributed by atoms with Gasteiger partial charge in [-0.05, 0) is 49.4 Å². The molecule has 0 spiro atoms. The van der Waals surface area contributed by atoms with Crippen molar-refractivity contribution < 1.29 is 22.7 Å². The van der Waals surface area contributed by atoms with Gasteiger partial charge in [-0.25, -0.2) is 18.2 Å². The highest BCUT2D eigenvalue weighted by Crippen LogP contribution is 2.32. The number of nitrogens with zero attached hydrogens (tertiary/aromatic N) is 3. The quantitative estimate of drug-likeness (QED) is 0.456. The van der Waals surface area contributed by atoms with Gasteiger partial charge in [-0.2, -0.15) is 4.31 Å². The molecule has 13 heteroatoms. The number of hydrogen-bond acceptors (Lipinski definition) is 7. The van der Waals surface area contributed by atoms with Crippen LogP contribution in [0.15, 0.2) is 52.7 Å². The highest BCUT2D eigenvalue weighted by atomic mass is 35.5. The van der Waals surface area contributed by atoms with E-state index in [1.54, 1.807) is 30.5 Å². The second-order valence-electron chi connectivity index (χ2n) is 7.73. The molecule has 1 aromatic heterocycles. The molecule has 3 aromatic rings. The first-order valence-electron chi connectivity index (χ1n) is 10.9. The maximum Gasteiger partial charge on any atom is 0.409 e. The fourth-order valence-corrected chi connectivity index (χ4v) is 6.21. The lowest BCUT2D eigenvalue weighted by Crippen LogP contribution is -2.50. The molecule has 2 aromatic carbocycles. The molecule has 1 aliphatic heterocycles. The first-order valence-corrected chi connectivity index (χ1v) is 14.0. The molecule has 1 N–H and O–H groups in total. The van der Waals surface area contributed by atoms with Crippen LogP contribution in [0.5, 0.6) is 0 Å². The van der Waals surface area contributed by atoms with Crippen molar-refractivity contribution >= 4 is 61.7 Å². The SMILES string of the molecule is CCOC(=O)N1CCN(S(=O)(=O)c2ccc(C(=O)Nc3nc(-c4ccc(Cl)cc4Cl)cs3)cc2)CC1. The summed E-state index contributed by atoms with van der Waals surface area (Å²) in [5.41, 5.74) is 1.57. The van der Waals surface area contributed by atoms with E-state index in [1.165, 1.54) is 44.8 Å². The fourth-order valence-electron chi connectivity index (χ4n) is 3.57. The summed E-state index contributed by atoms with van der Waals surface area (Å²) in [5, 5.41) is 5.81. The molecule has 4 rings (SSSR count). The number of nitrogens with one attached hydrogen (secondary N) is 1. The van der Waals surface area contributed by atoms with Crippen molar-refractivity contribution in [2.75, 3.05) is 38.1 Å². The highest BCUT2D eigenvalue weighted by Gasteiger charge is 2.30. The Hall–Kier alpha value is -2.70. The van der Waals surface area contributed by atoms with E-state index < -0.39 is 22.0 Å². The first-order chi connectivity index (χ1) is 17.2. The Balaban J connectivity index is 1.39. The molecule has 1 saturated heterocycles. The summed E-state index contributed by atoms with van der Waals surface area (Å²) in [4.78, 5) is 30.5. The zero-order chi connectivity index (χ0) is 25.9. The van der Waals surface area contributed by atoms with Gasteiger partial charge in [-0.3, -0.25) is 10.1 Å². The molecule has 1 fully saturated rings. The summed E-state index contributed by atoms with van der Waals surface area (Å²) in [5.74, 6) is -0.426. The molecule has 9 nitrogen and oxygen atoms in total. The van der Waals surface area contributed by atoms with Crippen molar-refractivity contribution in [3.05, 3.63) is 63.5 Å². The number of sulfonamides is 1. The van der Waals surface area contributed by atoms with Crippen molar-refractivity contribution in [2.24, 2.45) is 0 Å². The van der Waals surface area contributed by atoms with Crippen molar-refractivity contribution in [3.63, 3.8) is 0 Å². The minimum Gasteiger partial charge on any atom is -0.450 e. The van der Waals surface area contributed by atoms with E-state index in [2.05, 4.69) is 10.3 Å². The third-order valence-electron chi connectivity index (χ3n) is 5.45. The van der Waals surface area contributed by atoms with Crippen LogP contribution < -0.4 is 5.32 Å². The van der Waals surface area contributed by atoms with Gasteiger partial charge in [0.1, 0.15) is 0 Å². The van der Waals surface area contributed by atoms with Gasteiger partial charge in [-0.15, -0.1) is 11.3 Å². The number of ether oxygens (including phenoxy) is 1. The van der Waals surface area contributed by atoms with Crippen molar-refractivity contribution in [1.29, 1.82) is 0 Å². The van der Waals surface area contributed by atoms with Gasteiger partial charge >= 0.3 is 6.09 Å². The van der Waals surface area contributed by atoms with Crippen LogP contribution >= 0.6 is 34.5 Å². The van der Waals surface area contributed by atoms with E-state index in [9.17, 15) is 18.0 Å². The molecular formula is C23H22Cl2N4O5S2. The zero-order valence-corrected chi connectivity index (χ0v) is 22.3. The van der Waals surface area contributed by atoms with Gasteiger partial charge in [0, 0.05) is 47.7 Å². The Bertz CT molecular complexity index is 1370. The summed E-state index contributed by atoms with van der Waals surface area (Å²) in [7, 11) is -3.77. The summed E-state index contributed by atoms with van der Waals surface area (Å²) in [6.45, 7) is 2.79. The smallest absolute Gasteiger partial charge is 0.409 e. The minimum absolute atomic E-state index is 0.0672. The highest BCUT2D eigenvalue weighted by molar-refractivity contribution is 7.89. The predicted molar refractivity (Wildman–Crippen MR) is 139 cm³/mol. The molecular weight excluding hydrogens is 547 g/mol. The van der Waals surface area contributed by atoms with Gasteiger partial charge in [0.15, 0.2) is 5.13 Å². The maximum absolute atomic E-state index is 13.0. The van der Waals surface area contributed by atoms with Crippen LogP contribution in [0.3, 0.4) is 0 Å². The van der Waals surface area contributed by atoms with Gasteiger partial charge in [0.25, 0.3) is 5.91 Å². The number of anilines is 1. The standard InChI is InChI=1S/C23H22Cl2N4O5S2/c1-2-34-23(31)28-9-11-29(12-10-28)36(32,33)17-6-3-15(4-7-17)21(30)27-22-26-20(14-35-22)18-8-5-16(24)13-19(18)25/h3-8,13-14H,2,9-12H2,1H3,(H,26,27,30). The van der Waals surface area contributed by atoms with Gasteiger partial charge in [-0.1, -0.05) is 23.2 Å². The number of rotatable bonds is 6. The number of aromatic nitrogens is 1. The molecule has 1 aliphatic rings. The number of carbonyl (C=O) groups excluding carboxylic acids is 2. The van der Waals surface area contributed by atoms with Crippen LogP contribution in [0.1, 0.15) is 17.3 Å². The number of carbonyl (C=O) groups is 2. The van der Waals surface area contributed by atoms with E-state index in [4.69, 9.17) is 27.9 Å². The van der Waals surface area contributed by atoms with Crippen LogP contribution in [0.25, 0.3) is 11.3 Å². The van der Waals surface area contributed by atoms with Crippen LogP contribution in [-0.4, -0.2) is 67.4 Å². The number of halogens is 2. The molecule has 0 bridgehead atoms. The minimum atomic E-state index is -3.77. The molecule has 36 heavy (non-hydrogen) atoms. The lowest BCUT2D eigenvalue weighted by Gasteiger charge is -2.33. The van der Waals surface area contributed by atoms with E-state index in [-0.39, 0.29) is 43.2 Å². The molecule has 0 atom stereocenters. The van der Waals surface area contributed by atoms with E-state index in [0.717, 1.165) is 0 Å². The largest absolute Gasteiger partial charge is 0.450 e. The molecule has 190 valence electrons. The van der Waals surface area contributed by atoms with E-state index >= 15 is 0 Å². The molecule has 0 radical (unpaired) electrons. The fraction of sp³-hybridized carbons (Fsp3) is 0.261. The van der Waals surface area contributed by atoms with E-state index in [0.29, 0.717) is 26.4 Å². The van der Waals surface area contributed by atoms with Crippen molar-refractivity contribution in [1.82, 2.24) is 14.2 Å². The van der Waals surface area contributed by atoms with Gasteiger partial charge in [0.2, 0.25) is 10.0 Å². The average Bonchev–Trinajstić information content (AvgIpc) is 3.32. The van der Waals surface area contributed by atoms with Gasteiger partial charge in [0.05, 0.1) is 22.2 Å². The summed E-state index contributed by atoms with van der Waals surface area (Å²) >= 11 is 13.4. The first kappa shape index (κ1) is 26.4. The third-order valence-corrected chi connectivity index (χ3v) is 8.67. The molecule has 0 aliphatic carbocycles. The second kappa shape index (κ2) is 11.1. The number of thiazole rings is 1. The second-order valence-corrected chi connectivity index (χ2v) is 11.4. The number of amides is 2. The topological polar surface area (TPSA) is 109 Å². The summed E-state index contributed by atoms with van der Waals surface area (Å²) < 4.78 is 32.3. The Labute approximate surface area is 222 Å². The monoisotopic (exact) mass is 568 g/mol. The number of hydrogen-bond donors (Lipinski definition) is 1. The van der Waals surface area contributed by atoms with Crippen LogP contribution in [0.2, 0.25) is 10.0 Å². The third kappa shape index (κ3) is 5.81. The normalized spacial score (nSPS) is 14.5. The molecule has 0 saturated carbocycles. The van der Waals surface area contributed by atoms with Crippen LogP contribution in [-0.2, 0) is 14.8 Å².